The lowest BCUT2D eigenvalue weighted by Crippen LogP contribution is -1.99. The fraction of sp³-hybridized carbons (Fsp3) is 0.444. The monoisotopic (exact) mass is 196 g/mol. The van der Waals surface area contributed by atoms with Crippen LogP contribution in [-0.4, -0.2) is 20.8 Å². The van der Waals surface area contributed by atoms with Crippen LogP contribution in [0.5, 0.6) is 0 Å². The summed E-state index contributed by atoms with van der Waals surface area (Å²) >= 11 is 1.33. The zero-order valence-corrected chi connectivity index (χ0v) is 8.60. The molecule has 13 heavy (non-hydrogen) atoms. The van der Waals surface area contributed by atoms with E-state index in [0.717, 1.165) is 23.6 Å². The quantitative estimate of drug-likeness (QED) is 0.736. The first-order valence-corrected chi connectivity index (χ1v) is 5.08. The van der Waals surface area contributed by atoms with Crippen molar-refractivity contribution in [2.75, 3.05) is 5.75 Å². The van der Waals surface area contributed by atoms with Crippen LogP contribution in [0.2, 0.25) is 0 Å². The van der Waals surface area contributed by atoms with Gasteiger partial charge in [-0.15, -0.1) is 0 Å². The van der Waals surface area contributed by atoms with Gasteiger partial charge in [-0.25, -0.2) is 0 Å². The maximum Gasteiger partial charge on any atom is 0.185 e. The number of rotatable bonds is 3. The van der Waals surface area contributed by atoms with E-state index in [0.29, 0.717) is 0 Å². The summed E-state index contributed by atoms with van der Waals surface area (Å²) in [4.78, 5) is 19.0. The third-order valence-corrected chi connectivity index (χ3v) is 2.44. The molecular formula is C9H12N2OS. The Labute approximate surface area is 82.0 Å². The van der Waals surface area contributed by atoms with Gasteiger partial charge in [-0.05, 0) is 6.92 Å². The number of carbonyl (C=O) groups excluding carboxylic acids is 1. The maximum atomic E-state index is 10.6. The van der Waals surface area contributed by atoms with Crippen LogP contribution in [0.25, 0.3) is 0 Å². The molecule has 0 spiro atoms. The molecule has 0 fully saturated rings. The van der Waals surface area contributed by atoms with Gasteiger partial charge in [-0.3, -0.25) is 14.8 Å². The molecule has 0 aromatic carbocycles. The lowest BCUT2D eigenvalue weighted by molar-refractivity contribution is -0.109. The average molecular weight is 196 g/mol. The lowest BCUT2D eigenvalue weighted by atomic mass is 10.3. The molecule has 0 amide bonds. The van der Waals surface area contributed by atoms with E-state index in [4.69, 9.17) is 0 Å². The van der Waals surface area contributed by atoms with E-state index >= 15 is 0 Å². The van der Waals surface area contributed by atoms with Crippen molar-refractivity contribution in [1.29, 1.82) is 0 Å². The predicted molar refractivity (Wildman–Crippen MR) is 53.6 cm³/mol. The summed E-state index contributed by atoms with van der Waals surface area (Å²) in [7, 11) is 0. The third kappa shape index (κ3) is 3.55. The number of aryl methyl sites for hydroxylation is 2. The molecule has 1 rings (SSSR count). The van der Waals surface area contributed by atoms with Crippen LogP contribution in [0.3, 0.4) is 0 Å². The molecule has 0 N–H and O–H groups in total. The minimum absolute atomic E-state index is 0.154. The SMILES string of the molecule is CC(=O)SCCc1nccnc1C. The Morgan fingerprint density at radius 2 is 2.15 bits per heavy atom. The van der Waals surface area contributed by atoms with Crippen molar-refractivity contribution in [1.82, 2.24) is 9.97 Å². The number of hydrogen-bond donors (Lipinski definition) is 0. The highest BCUT2D eigenvalue weighted by Crippen LogP contribution is 2.07. The van der Waals surface area contributed by atoms with Gasteiger partial charge in [0.25, 0.3) is 0 Å². The summed E-state index contributed by atoms with van der Waals surface area (Å²) in [5.41, 5.74) is 1.93. The van der Waals surface area contributed by atoms with E-state index in [-0.39, 0.29) is 5.12 Å². The van der Waals surface area contributed by atoms with Crippen molar-refractivity contribution in [2.45, 2.75) is 20.3 Å². The van der Waals surface area contributed by atoms with Crippen LogP contribution < -0.4 is 0 Å². The van der Waals surface area contributed by atoms with Gasteiger partial charge in [0.1, 0.15) is 0 Å². The summed E-state index contributed by atoms with van der Waals surface area (Å²) in [6.07, 6.45) is 4.17. The number of hydrogen-bond acceptors (Lipinski definition) is 4. The molecule has 0 saturated heterocycles. The topological polar surface area (TPSA) is 42.9 Å². The smallest absolute Gasteiger partial charge is 0.185 e. The highest BCUT2D eigenvalue weighted by molar-refractivity contribution is 8.13. The molecule has 4 heteroatoms. The molecule has 0 bridgehead atoms. The molecule has 3 nitrogen and oxygen atoms in total. The summed E-state index contributed by atoms with van der Waals surface area (Å²) in [5.74, 6) is 0.787. The van der Waals surface area contributed by atoms with Gasteiger partial charge in [0.2, 0.25) is 0 Å². The van der Waals surface area contributed by atoms with Gasteiger partial charge in [0.15, 0.2) is 5.12 Å². The Kier molecular flexibility index (Phi) is 3.89. The number of thioether (sulfide) groups is 1. The summed E-state index contributed by atoms with van der Waals surface area (Å²) in [6, 6.07) is 0. The van der Waals surface area contributed by atoms with Crippen LogP contribution in [0.1, 0.15) is 18.3 Å². The second-order valence-corrected chi connectivity index (χ2v) is 3.95. The molecule has 0 unspecified atom stereocenters. The van der Waals surface area contributed by atoms with Crippen LogP contribution >= 0.6 is 11.8 Å². The molecule has 0 radical (unpaired) electrons. The molecule has 1 aromatic heterocycles. The minimum atomic E-state index is 0.154. The largest absolute Gasteiger partial charge is 0.288 e. The molecule has 0 aliphatic rings. The summed E-state index contributed by atoms with van der Waals surface area (Å²) in [5, 5.41) is 0.154. The van der Waals surface area contributed by atoms with Gasteiger partial charge < -0.3 is 0 Å². The van der Waals surface area contributed by atoms with Crippen molar-refractivity contribution in [3.8, 4) is 0 Å². The molecule has 0 saturated carbocycles. The van der Waals surface area contributed by atoms with Crippen LogP contribution in [0, 0.1) is 6.92 Å². The Balaban J connectivity index is 2.45. The van der Waals surface area contributed by atoms with Crippen molar-refractivity contribution in [3.05, 3.63) is 23.8 Å². The van der Waals surface area contributed by atoms with Gasteiger partial charge >= 0.3 is 0 Å². The van der Waals surface area contributed by atoms with Crippen LogP contribution in [0.4, 0.5) is 0 Å². The highest BCUT2D eigenvalue weighted by Gasteiger charge is 2.00. The second-order valence-electron chi connectivity index (χ2n) is 2.68. The Morgan fingerprint density at radius 3 is 2.77 bits per heavy atom. The van der Waals surface area contributed by atoms with Gasteiger partial charge in [-0.2, -0.15) is 0 Å². The highest BCUT2D eigenvalue weighted by atomic mass is 32.2. The zero-order valence-electron chi connectivity index (χ0n) is 7.78. The molecule has 1 aromatic rings. The fourth-order valence-electron chi connectivity index (χ4n) is 0.973. The van der Waals surface area contributed by atoms with E-state index < -0.39 is 0 Å². The Morgan fingerprint density at radius 1 is 1.46 bits per heavy atom. The van der Waals surface area contributed by atoms with Crippen LogP contribution in [0.15, 0.2) is 12.4 Å². The first-order valence-electron chi connectivity index (χ1n) is 4.10. The van der Waals surface area contributed by atoms with Crippen molar-refractivity contribution in [2.24, 2.45) is 0 Å². The first kappa shape index (κ1) is 10.2. The Hall–Kier alpha value is -0.900. The van der Waals surface area contributed by atoms with Crippen LogP contribution in [-0.2, 0) is 11.2 Å². The molecule has 70 valence electrons. The van der Waals surface area contributed by atoms with Crippen molar-refractivity contribution >= 4 is 16.9 Å². The molecule has 0 atom stereocenters. The third-order valence-electron chi connectivity index (χ3n) is 1.63. The number of aromatic nitrogens is 2. The fourth-order valence-corrected chi connectivity index (χ4v) is 1.56. The van der Waals surface area contributed by atoms with Gasteiger partial charge in [0, 0.05) is 31.5 Å². The number of nitrogens with zero attached hydrogens (tertiary/aromatic N) is 2. The van der Waals surface area contributed by atoms with Gasteiger partial charge in [0.05, 0.1) is 11.4 Å². The van der Waals surface area contributed by atoms with E-state index in [1.165, 1.54) is 11.8 Å². The molecule has 0 aliphatic heterocycles. The summed E-state index contributed by atoms with van der Waals surface area (Å²) in [6.45, 7) is 3.51. The number of carbonyl (C=O) groups is 1. The zero-order chi connectivity index (χ0) is 9.68. The summed E-state index contributed by atoms with van der Waals surface area (Å²) < 4.78 is 0. The first-order chi connectivity index (χ1) is 6.20. The van der Waals surface area contributed by atoms with E-state index in [1.807, 2.05) is 6.92 Å². The molecular weight excluding hydrogens is 184 g/mol. The van der Waals surface area contributed by atoms with E-state index in [2.05, 4.69) is 9.97 Å². The second kappa shape index (κ2) is 4.97. The van der Waals surface area contributed by atoms with E-state index in [9.17, 15) is 4.79 Å². The average Bonchev–Trinajstić information content (AvgIpc) is 2.08. The maximum absolute atomic E-state index is 10.6. The lowest BCUT2D eigenvalue weighted by Gasteiger charge is -2.01. The van der Waals surface area contributed by atoms with Crippen molar-refractivity contribution in [3.63, 3.8) is 0 Å². The molecule has 1 heterocycles. The Bertz CT molecular complexity index is 301. The van der Waals surface area contributed by atoms with E-state index in [1.54, 1.807) is 19.3 Å². The van der Waals surface area contributed by atoms with Gasteiger partial charge in [-0.1, -0.05) is 11.8 Å². The minimum Gasteiger partial charge on any atom is -0.288 e. The predicted octanol–water partition coefficient (Wildman–Crippen LogP) is 1.61. The standard InChI is InChI=1S/C9H12N2OS/c1-7-9(11-5-4-10-7)3-6-13-8(2)12/h4-5H,3,6H2,1-2H3. The van der Waals surface area contributed by atoms with Crippen molar-refractivity contribution < 1.29 is 4.79 Å². The normalized spacial score (nSPS) is 10.0. The molecule has 0 aliphatic carbocycles.